The third-order valence-corrected chi connectivity index (χ3v) is 3.05. The summed E-state index contributed by atoms with van der Waals surface area (Å²) in [5.74, 6) is 0.244. The highest BCUT2D eigenvalue weighted by Crippen LogP contribution is 2.03. The van der Waals surface area contributed by atoms with Crippen molar-refractivity contribution in [2.75, 3.05) is 33.7 Å². The molecule has 3 N–H and O–H groups in total. The molecule has 0 aliphatic rings. The van der Waals surface area contributed by atoms with Gasteiger partial charge in [0.25, 0.3) is 10.2 Å². The van der Waals surface area contributed by atoms with Gasteiger partial charge in [-0.25, -0.2) is 4.72 Å². The lowest BCUT2D eigenvalue weighted by molar-refractivity contribution is 0.0385. The Morgan fingerprint density at radius 3 is 2.24 bits per heavy atom. The van der Waals surface area contributed by atoms with E-state index < -0.39 is 15.8 Å². The largest absolute Gasteiger partial charge is 0.387 e. The van der Waals surface area contributed by atoms with E-state index in [0.29, 0.717) is 13.1 Å². The fraction of sp³-hybridized carbons (Fsp3) is 1.00. The fourth-order valence-electron chi connectivity index (χ4n) is 1.32. The Morgan fingerprint density at radius 1 is 1.29 bits per heavy atom. The lowest BCUT2D eigenvalue weighted by Gasteiger charge is -2.27. The highest BCUT2D eigenvalue weighted by Gasteiger charge is 2.23. The summed E-state index contributed by atoms with van der Waals surface area (Å²) in [6.45, 7) is 6.19. The Kier molecular flexibility index (Phi) is 6.57. The van der Waals surface area contributed by atoms with E-state index >= 15 is 0 Å². The lowest BCUT2D eigenvalue weighted by Crippen LogP contribution is -2.49. The molecular weight excluding hydrogens is 242 g/mol. The molecule has 0 aromatic heterocycles. The van der Waals surface area contributed by atoms with Crippen LogP contribution in [-0.2, 0) is 10.2 Å². The third kappa shape index (κ3) is 9.49. The molecule has 6 nitrogen and oxygen atoms in total. The van der Waals surface area contributed by atoms with Gasteiger partial charge in [-0.2, -0.15) is 13.1 Å². The van der Waals surface area contributed by atoms with Gasteiger partial charge in [-0.15, -0.1) is 0 Å². The number of rotatable bonds is 8. The van der Waals surface area contributed by atoms with E-state index in [1.165, 1.54) is 0 Å². The van der Waals surface area contributed by atoms with Gasteiger partial charge < -0.3 is 10.0 Å². The minimum Gasteiger partial charge on any atom is -0.387 e. The zero-order chi connectivity index (χ0) is 13.7. The van der Waals surface area contributed by atoms with E-state index in [9.17, 15) is 13.5 Å². The first kappa shape index (κ1) is 16.8. The Hall–Kier alpha value is -0.210. The molecule has 104 valence electrons. The summed E-state index contributed by atoms with van der Waals surface area (Å²) in [5, 5.41) is 9.93. The zero-order valence-corrected chi connectivity index (χ0v) is 12.1. The maximum absolute atomic E-state index is 11.5. The molecule has 0 amide bonds. The first-order chi connectivity index (χ1) is 7.54. The summed E-state index contributed by atoms with van der Waals surface area (Å²) < 4.78 is 27.8. The molecular formula is C10H25N3O3S. The van der Waals surface area contributed by atoms with Crippen LogP contribution in [0.1, 0.15) is 20.8 Å². The molecule has 7 heteroatoms. The van der Waals surface area contributed by atoms with Crippen LogP contribution in [0.2, 0.25) is 0 Å². The summed E-state index contributed by atoms with van der Waals surface area (Å²) in [5.41, 5.74) is -1.09. The van der Waals surface area contributed by atoms with Crippen LogP contribution in [0.25, 0.3) is 0 Å². The monoisotopic (exact) mass is 267 g/mol. The highest BCUT2D eigenvalue weighted by atomic mass is 32.2. The van der Waals surface area contributed by atoms with Crippen LogP contribution in [0.15, 0.2) is 0 Å². The van der Waals surface area contributed by atoms with Crippen molar-refractivity contribution in [2.24, 2.45) is 5.92 Å². The number of aliphatic hydroxyl groups is 1. The van der Waals surface area contributed by atoms with Gasteiger partial charge in [-0.1, -0.05) is 13.8 Å². The van der Waals surface area contributed by atoms with Crippen molar-refractivity contribution < 1.29 is 13.5 Å². The van der Waals surface area contributed by atoms with E-state index in [1.807, 2.05) is 27.9 Å². The maximum atomic E-state index is 11.5. The SMILES string of the molecule is CC(C)CNS(=O)(=O)NCC(C)(O)CN(C)C. The average molecular weight is 267 g/mol. The minimum absolute atomic E-state index is 0.0153. The van der Waals surface area contributed by atoms with Crippen LogP contribution in [0.3, 0.4) is 0 Å². The van der Waals surface area contributed by atoms with E-state index in [4.69, 9.17) is 0 Å². The van der Waals surface area contributed by atoms with Gasteiger partial charge in [0.15, 0.2) is 0 Å². The first-order valence-corrected chi connectivity index (χ1v) is 7.14. The molecule has 0 saturated carbocycles. The van der Waals surface area contributed by atoms with Crippen LogP contribution in [-0.4, -0.2) is 57.8 Å². The number of likely N-dealkylation sites (N-methyl/N-ethyl adjacent to an activating group) is 1. The van der Waals surface area contributed by atoms with Gasteiger partial charge in [-0.3, -0.25) is 0 Å². The van der Waals surface area contributed by atoms with Crippen LogP contribution in [0.5, 0.6) is 0 Å². The van der Waals surface area contributed by atoms with E-state index in [0.717, 1.165) is 0 Å². The predicted octanol–water partition coefficient (Wildman–Crippen LogP) is -0.621. The summed E-state index contributed by atoms with van der Waals surface area (Å²) in [6, 6.07) is 0. The molecule has 0 radical (unpaired) electrons. The first-order valence-electron chi connectivity index (χ1n) is 5.65. The number of hydrogen-bond donors (Lipinski definition) is 3. The second-order valence-corrected chi connectivity index (χ2v) is 6.89. The van der Waals surface area contributed by atoms with Gasteiger partial charge in [0.05, 0.1) is 5.60 Å². The summed E-state index contributed by atoms with van der Waals surface area (Å²) in [4.78, 5) is 1.80. The molecule has 0 aliphatic heterocycles. The van der Waals surface area contributed by atoms with Gasteiger partial charge in [-0.05, 0) is 26.9 Å². The van der Waals surface area contributed by atoms with Gasteiger partial charge >= 0.3 is 0 Å². The molecule has 0 rings (SSSR count). The smallest absolute Gasteiger partial charge is 0.277 e. The number of hydrogen-bond acceptors (Lipinski definition) is 4. The fourth-order valence-corrected chi connectivity index (χ4v) is 2.47. The van der Waals surface area contributed by atoms with Crippen LogP contribution >= 0.6 is 0 Å². The molecule has 1 atom stereocenters. The highest BCUT2D eigenvalue weighted by molar-refractivity contribution is 7.87. The Morgan fingerprint density at radius 2 is 1.82 bits per heavy atom. The molecule has 0 saturated heterocycles. The van der Waals surface area contributed by atoms with E-state index in [2.05, 4.69) is 9.44 Å². The van der Waals surface area contributed by atoms with Crippen molar-refractivity contribution >= 4 is 10.2 Å². The lowest BCUT2D eigenvalue weighted by atomic mass is 10.1. The van der Waals surface area contributed by atoms with E-state index in [1.54, 1.807) is 11.8 Å². The van der Waals surface area contributed by atoms with Gasteiger partial charge in [0.1, 0.15) is 0 Å². The van der Waals surface area contributed by atoms with Gasteiger partial charge in [0.2, 0.25) is 0 Å². The average Bonchev–Trinajstić information content (AvgIpc) is 2.10. The molecule has 0 heterocycles. The molecule has 0 bridgehead atoms. The zero-order valence-electron chi connectivity index (χ0n) is 11.3. The Labute approximate surface area is 105 Å². The van der Waals surface area contributed by atoms with Crippen LogP contribution in [0, 0.1) is 5.92 Å². The molecule has 0 aliphatic carbocycles. The molecule has 0 aromatic rings. The molecule has 0 spiro atoms. The normalized spacial score (nSPS) is 16.5. The third-order valence-electron chi connectivity index (χ3n) is 1.98. The second-order valence-electron chi connectivity index (χ2n) is 5.30. The van der Waals surface area contributed by atoms with Crippen molar-refractivity contribution in [3.63, 3.8) is 0 Å². The van der Waals surface area contributed by atoms with Crippen molar-refractivity contribution in [2.45, 2.75) is 26.4 Å². The second kappa shape index (κ2) is 6.65. The van der Waals surface area contributed by atoms with Crippen molar-refractivity contribution in [3.05, 3.63) is 0 Å². The molecule has 0 fully saturated rings. The Balaban J connectivity index is 4.17. The minimum atomic E-state index is -3.52. The molecule has 17 heavy (non-hydrogen) atoms. The van der Waals surface area contributed by atoms with Gasteiger partial charge in [0, 0.05) is 19.6 Å². The van der Waals surface area contributed by atoms with Crippen LogP contribution < -0.4 is 9.44 Å². The summed E-state index contributed by atoms with van der Waals surface area (Å²) in [7, 11) is 0.115. The van der Waals surface area contributed by atoms with Crippen LogP contribution in [0.4, 0.5) is 0 Å². The quantitative estimate of drug-likeness (QED) is 0.547. The van der Waals surface area contributed by atoms with Crippen molar-refractivity contribution in [1.82, 2.24) is 14.3 Å². The number of nitrogens with one attached hydrogen (secondary N) is 2. The Bertz CT molecular complexity index is 313. The van der Waals surface area contributed by atoms with E-state index in [-0.39, 0.29) is 12.5 Å². The molecule has 1 unspecified atom stereocenters. The number of nitrogens with zero attached hydrogens (tertiary/aromatic N) is 1. The topological polar surface area (TPSA) is 81.7 Å². The van der Waals surface area contributed by atoms with Crippen molar-refractivity contribution in [3.8, 4) is 0 Å². The predicted molar refractivity (Wildman–Crippen MR) is 68.9 cm³/mol. The van der Waals surface area contributed by atoms with Crippen molar-refractivity contribution in [1.29, 1.82) is 0 Å². The summed E-state index contributed by atoms with van der Waals surface area (Å²) >= 11 is 0. The molecule has 0 aromatic carbocycles. The maximum Gasteiger partial charge on any atom is 0.277 e. The summed E-state index contributed by atoms with van der Waals surface area (Å²) in [6.07, 6.45) is 0. The standard InChI is InChI=1S/C10H25N3O3S/c1-9(2)6-11-17(15,16)12-7-10(3,14)8-13(4)5/h9,11-12,14H,6-8H2,1-5H3.